The van der Waals surface area contributed by atoms with E-state index in [1.807, 2.05) is 25.1 Å². The van der Waals surface area contributed by atoms with Crippen LogP contribution in [-0.2, 0) is 12.6 Å². The third-order valence-electron chi connectivity index (χ3n) is 5.42. The van der Waals surface area contributed by atoms with E-state index in [2.05, 4.69) is 45.5 Å². The number of hydrogen-bond acceptors (Lipinski definition) is 3. The van der Waals surface area contributed by atoms with Gasteiger partial charge in [0.2, 0.25) is 0 Å². The fraction of sp³-hybridized carbons (Fsp3) is 0.346. The molecule has 33 heavy (non-hydrogen) atoms. The Kier molecular flexibility index (Phi) is 10.1. The number of nitriles is 1. The van der Waals surface area contributed by atoms with Crippen molar-refractivity contribution < 1.29 is 13.2 Å². The van der Waals surface area contributed by atoms with Crippen LogP contribution in [0.1, 0.15) is 61.4 Å². The number of aliphatic imine (C=N–C) groups is 1. The van der Waals surface area contributed by atoms with E-state index in [0.717, 1.165) is 52.2 Å². The third kappa shape index (κ3) is 8.29. The highest BCUT2D eigenvalue weighted by Crippen LogP contribution is 2.28. The van der Waals surface area contributed by atoms with Crippen molar-refractivity contribution in [3.63, 3.8) is 0 Å². The van der Waals surface area contributed by atoms with Crippen LogP contribution < -0.4 is 0 Å². The Morgan fingerprint density at radius 2 is 1.94 bits per heavy atom. The highest BCUT2D eigenvalue weighted by atomic mass is 79.9. The number of nitrogens with zero attached hydrogens (tertiary/aromatic N) is 3. The van der Waals surface area contributed by atoms with E-state index < -0.39 is 11.9 Å². The van der Waals surface area contributed by atoms with Crippen molar-refractivity contribution in [2.75, 3.05) is 0 Å². The molecular formula is C26H27BrF3N3. The highest BCUT2D eigenvalue weighted by molar-refractivity contribution is 9.10. The first-order valence-corrected chi connectivity index (χ1v) is 11.5. The van der Waals surface area contributed by atoms with E-state index in [1.54, 1.807) is 0 Å². The van der Waals surface area contributed by atoms with E-state index in [-0.39, 0.29) is 0 Å². The lowest BCUT2D eigenvalue weighted by atomic mass is 9.88. The second kappa shape index (κ2) is 12.5. The Morgan fingerprint density at radius 3 is 2.48 bits per heavy atom. The number of alkyl halides is 3. The maximum atomic E-state index is 12.5. The number of pyridine rings is 1. The number of benzene rings is 1. The zero-order valence-corrected chi connectivity index (χ0v) is 20.4. The molecule has 0 N–H and O–H groups in total. The van der Waals surface area contributed by atoms with Crippen LogP contribution in [0.2, 0.25) is 0 Å². The molecular weight excluding hydrogens is 491 g/mol. The van der Waals surface area contributed by atoms with Gasteiger partial charge >= 0.3 is 6.18 Å². The molecule has 2 aromatic rings. The highest BCUT2D eigenvalue weighted by Gasteiger charge is 2.32. The summed E-state index contributed by atoms with van der Waals surface area (Å²) in [6, 6.07) is 10.3. The first kappa shape index (κ1) is 26.5. The number of rotatable bonds is 5. The molecule has 174 valence electrons. The average molecular weight is 518 g/mol. The fourth-order valence-electron chi connectivity index (χ4n) is 3.57. The van der Waals surface area contributed by atoms with Crippen molar-refractivity contribution in [2.45, 2.75) is 58.5 Å². The molecule has 1 aliphatic carbocycles. The molecule has 0 radical (unpaired) electrons. The summed E-state index contributed by atoms with van der Waals surface area (Å²) in [4.78, 5) is 7.90. The minimum atomic E-state index is -4.39. The van der Waals surface area contributed by atoms with Gasteiger partial charge in [-0.3, -0.25) is 9.98 Å². The molecule has 3 rings (SSSR count). The second-order valence-electron chi connectivity index (χ2n) is 7.84. The summed E-state index contributed by atoms with van der Waals surface area (Å²) in [5.74, 6) is 0. The van der Waals surface area contributed by atoms with Crippen LogP contribution >= 0.6 is 15.9 Å². The summed E-state index contributed by atoms with van der Waals surface area (Å²) in [7, 11) is 0. The lowest BCUT2D eigenvalue weighted by molar-refractivity contribution is -0.141. The van der Waals surface area contributed by atoms with Crippen molar-refractivity contribution >= 4 is 21.6 Å². The van der Waals surface area contributed by atoms with Crippen molar-refractivity contribution in [1.29, 1.82) is 5.26 Å². The molecule has 0 saturated carbocycles. The molecule has 1 aromatic heterocycles. The lowest BCUT2D eigenvalue weighted by Crippen LogP contribution is -2.11. The van der Waals surface area contributed by atoms with Crippen molar-refractivity contribution in [2.24, 2.45) is 4.99 Å². The second-order valence-corrected chi connectivity index (χ2v) is 8.76. The van der Waals surface area contributed by atoms with Crippen molar-refractivity contribution in [1.82, 2.24) is 4.98 Å². The van der Waals surface area contributed by atoms with Gasteiger partial charge in [0.1, 0.15) is 5.69 Å². The maximum Gasteiger partial charge on any atom is 0.433 e. The van der Waals surface area contributed by atoms with Gasteiger partial charge in [0.05, 0.1) is 11.6 Å². The molecule has 3 nitrogen and oxygen atoms in total. The van der Waals surface area contributed by atoms with E-state index >= 15 is 0 Å². The quantitative estimate of drug-likeness (QED) is 0.375. The van der Waals surface area contributed by atoms with E-state index in [1.165, 1.54) is 36.0 Å². The summed E-state index contributed by atoms with van der Waals surface area (Å²) >= 11 is 3.29. The van der Waals surface area contributed by atoms with Gasteiger partial charge in [0.25, 0.3) is 0 Å². The molecule has 0 atom stereocenters. The molecule has 0 fully saturated rings. The average Bonchev–Trinajstić information content (AvgIpc) is 2.79. The minimum absolute atomic E-state index is 0.620. The van der Waals surface area contributed by atoms with Crippen LogP contribution in [0.4, 0.5) is 13.2 Å². The van der Waals surface area contributed by atoms with Gasteiger partial charge in [-0.15, -0.1) is 0 Å². The van der Waals surface area contributed by atoms with Gasteiger partial charge in [-0.05, 0) is 87.3 Å². The topological polar surface area (TPSA) is 49.0 Å². The number of aromatic nitrogens is 1. The normalized spacial score (nSPS) is 14.3. The maximum absolute atomic E-state index is 12.5. The molecule has 1 aliphatic rings. The summed E-state index contributed by atoms with van der Waals surface area (Å²) in [6.45, 7) is 7.72. The number of aryl methyl sites for hydroxylation is 2. The Bertz CT molecular complexity index is 1060. The van der Waals surface area contributed by atoms with E-state index in [9.17, 15) is 13.2 Å². The predicted molar refractivity (Wildman–Crippen MR) is 130 cm³/mol. The fourth-order valence-corrected chi connectivity index (χ4v) is 3.93. The molecule has 0 bridgehead atoms. The Balaban J connectivity index is 0.000000321. The van der Waals surface area contributed by atoms with E-state index in [4.69, 9.17) is 5.26 Å². The van der Waals surface area contributed by atoms with Crippen molar-refractivity contribution in [3.8, 4) is 6.07 Å². The van der Waals surface area contributed by atoms with Gasteiger partial charge in [0.15, 0.2) is 0 Å². The Hall–Kier alpha value is -2.72. The van der Waals surface area contributed by atoms with Gasteiger partial charge < -0.3 is 0 Å². The predicted octanol–water partition coefficient (Wildman–Crippen LogP) is 8.14. The number of halogens is 4. The molecule has 1 heterocycles. The summed E-state index contributed by atoms with van der Waals surface area (Å²) in [5.41, 5.74) is 5.33. The number of allylic oxidation sites excluding steroid dienone is 2. The number of hydrogen-bond donors (Lipinski definition) is 0. The smallest absolute Gasteiger partial charge is 0.262 e. The largest absolute Gasteiger partial charge is 0.433 e. The third-order valence-corrected chi connectivity index (χ3v) is 5.92. The van der Waals surface area contributed by atoms with Crippen LogP contribution in [-0.4, -0.2) is 10.7 Å². The zero-order valence-electron chi connectivity index (χ0n) is 18.8. The van der Waals surface area contributed by atoms with Gasteiger partial charge in [-0.2, -0.15) is 18.4 Å². The standard InChI is InChI=1S/C18H21F3N2.C8H6BrN/c1-3-22-16(15-7-5-4-6-13(15)2)10-8-14-9-11-17(23-12-14)18(19,20)21;1-6-2-3-8(9)4-7(6)5-10/h3,9,11-12H,1,4-8,10H2,2H3;2-4H,1H3. The first-order chi connectivity index (χ1) is 15.7. The molecule has 0 saturated heterocycles. The van der Waals surface area contributed by atoms with Crippen LogP contribution in [0.25, 0.3) is 0 Å². The van der Waals surface area contributed by atoms with Crippen molar-refractivity contribution in [3.05, 3.63) is 87.3 Å². The Labute approximate surface area is 201 Å². The minimum Gasteiger partial charge on any atom is -0.262 e. The molecule has 7 heteroatoms. The molecule has 1 aromatic carbocycles. The molecule has 0 aliphatic heterocycles. The van der Waals surface area contributed by atoms with Gasteiger partial charge in [-0.1, -0.05) is 40.2 Å². The SMILES string of the molecule is C=CN=C(CCc1ccc(C(F)(F)F)nc1)C1=C(C)CCCC1.Cc1ccc(Br)cc1C#N. The molecule has 0 unspecified atom stereocenters. The summed E-state index contributed by atoms with van der Waals surface area (Å²) in [5, 5.41) is 8.57. The van der Waals surface area contributed by atoms with Crippen LogP contribution in [0.3, 0.4) is 0 Å². The summed E-state index contributed by atoms with van der Waals surface area (Å²) in [6.07, 6.45) is 4.23. The molecule has 0 amide bonds. The van der Waals surface area contributed by atoms with Crippen LogP contribution in [0, 0.1) is 18.3 Å². The zero-order chi connectivity index (χ0) is 24.4. The van der Waals surface area contributed by atoms with Gasteiger partial charge in [-0.25, -0.2) is 0 Å². The monoisotopic (exact) mass is 517 g/mol. The van der Waals surface area contributed by atoms with E-state index in [0.29, 0.717) is 12.8 Å². The first-order valence-electron chi connectivity index (χ1n) is 10.7. The van der Waals surface area contributed by atoms with Crippen LogP contribution in [0.5, 0.6) is 0 Å². The summed E-state index contributed by atoms with van der Waals surface area (Å²) < 4.78 is 38.5. The Morgan fingerprint density at radius 1 is 1.21 bits per heavy atom. The van der Waals surface area contributed by atoms with Crippen LogP contribution in [0.15, 0.2) is 69.9 Å². The van der Waals surface area contributed by atoms with Gasteiger partial charge in [0, 0.05) is 22.6 Å². The molecule has 0 spiro atoms. The lowest BCUT2D eigenvalue weighted by Gasteiger charge is -2.19.